The molecule has 4 atom stereocenters. The van der Waals surface area contributed by atoms with Gasteiger partial charge in [-0.3, -0.25) is 9.36 Å². The van der Waals surface area contributed by atoms with Crippen LogP contribution in [0.3, 0.4) is 0 Å². The van der Waals surface area contributed by atoms with Gasteiger partial charge >= 0.3 is 12.0 Å². The number of nitrogens with zero attached hydrogens (tertiary/aromatic N) is 4. The lowest BCUT2D eigenvalue weighted by Gasteiger charge is -2.28. The Bertz CT molecular complexity index is 1120. The maximum atomic E-state index is 13.8. The van der Waals surface area contributed by atoms with E-state index in [0.717, 1.165) is 25.7 Å². The molecule has 3 fully saturated rings. The summed E-state index contributed by atoms with van der Waals surface area (Å²) >= 11 is 0. The van der Waals surface area contributed by atoms with E-state index in [1.54, 1.807) is 0 Å². The zero-order chi connectivity index (χ0) is 23.4. The van der Waals surface area contributed by atoms with Crippen LogP contribution in [0.4, 0.5) is 10.2 Å². The first-order valence-electron chi connectivity index (χ1n) is 11.6. The van der Waals surface area contributed by atoms with Gasteiger partial charge in [0.15, 0.2) is 22.6 Å². The van der Waals surface area contributed by atoms with E-state index in [-0.39, 0.29) is 35.3 Å². The number of carbonyl (C=O) groups is 1. The molecule has 2 aliphatic carbocycles. The Balaban J connectivity index is 1.33. The van der Waals surface area contributed by atoms with Gasteiger partial charge in [-0.1, -0.05) is 32.1 Å². The van der Waals surface area contributed by atoms with Crippen molar-refractivity contribution < 1.29 is 23.8 Å². The predicted molar refractivity (Wildman–Crippen MR) is 116 cm³/mol. The molecular weight excluding hydrogens is 429 g/mol. The van der Waals surface area contributed by atoms with Crippen LogP contribution in [0, 0.1) is 30.3 Å². The second-order valence-corrected chi connectivity index (χ2v) is 9.43. The molecule has 0 bridgehead atoms. The van der Waals surface area contributed by atoms with E-state index in [1.807, 2.05) is 0 Å². The number of unbranched alkanes of at least 4 members (excludes halogenated alkanes) is 1. The Morgan fingerprint density at radius 3 is 2.88 bits per heavy atom. The number of aromatic nitrogens is 4. The average molecular weight is 458 g/mol. The van der Waals surface area contributed by atoms with E-state index in [9.17, 15) is 14.3 Å². The van der Waals surface area contributed by atoms with E-state index >= 15 is 0 Å². The summed E-state index contributed by atoms with van der Waals surface area (Å²) < 4.78 is 27.1. The summed E-state index contributed by atoms with van der Waals surface area (Å²) in [6.45, 7) is 2.18. The Labute approximate surface area is 190 Å². The van der Waals surface area contributed by atoms with Crippen molar-refractivity contribution in [3.63, 3.8) is 0 Å². The number of esters is 1. The normalized spacial score (nSPS) is 35.2. The van der Waals surface area contributed by atoms with Crippen LogP contribution in [-0.4, -0.2) is 47.9 Å². The van der Waals surface area contributed by atoms with Gasteiger partial charge in [-0.2, -0.15) is 14.4 Å². The number of ether oxygens (including phenoxy) is 2. The molecule has 0 aromatic carbocycles. The summed E-state index contributed by atoms with van der Waals surface area (Å²) in [4.78, 5) is 24.4. The second-order valence-electron chi connectivity index (χ2n) is 9.43. The first kappa shape index (κ1) is 22.0. The Kier molecular flexibility index (Phi) is 5.29. The highest BCUT2D eigenvalue weighted by Crippen LogP contribution is 2.64. The molecule has 10 heteroatoms. The Morgan fingerprint density at radius 1 is 1.42 bits per heavy atom. The van der Waals surface area contributed by atoms with E-state index in [4.69, 9.17) is 21.6 Å². The molecule has 1 aliphatic heterocycles. The van der Waals surface area contributed by atoms with Crippen molar-refractivity contribution in [2.24, 2.45) is 11.8 Å². The SMILES string of the molecule is C#C[C@]12O[C@@H](n3cnc4c(N)nc(F)nc43)C[C@@]1(OC(=O)C1CCC(CCCC)CC1)C2O. The predicted octanol–water partition coefficient (Wildman–Crippen LogP) is 2.49. The molecule has 1 saturated heterocycles. The second kappa shape index (κ2) is 7.92. The highest BCUT2D eigenvalue weighted by atomic mass is 19.1. The summed E-state index contributed by atoms with van der Waals surface area (Å²) in [7, 11) is 0. The summed E-state index contributed by atoms with van der Waals surface area (Å²) in [5.41, 5.74) is 3.29. The molecule has 2 saturated carbocycles. The van der Waals surface area contributed by atoms with Crippen molar-refractivity contribution in [3.8, 4) is 12.3 Å². The number of fused-ring (bicyclic) bond motifs is 2. The van der Waals surface area contributed by atoms with Gasteiger partial charge in [-0.05, 0) is 31.6 Å². The number of aliphatic hydroxyl groups is 1. The van der Waals surface area contributed by atoms with Crippen LogP contribution >= 0.6 is 0 Å². The maximum Gasteiger partial charge on any atom is 0.312 e. The van der Waals surface area contributed by atoms with Gasteiger partial charge in [0.1, 0.15) is 12.3 Å². The first-order chi connectivity index (χ1) is 15.8. The number of rotatable bonds is 6. The number of terminal acetylenes is 1. The number of hydrogen-bond acceptors (Lipinski definition) is 8. The third kappa shape index (κ3) is 3.28. The minimum Gasteiger partial charge on any atom is -0.451 e. The van der Waals surface area contributed by atoms with Crippen LogP contribution in [-0.2, 0) is 14.3 Å². The number of aliphatic hydroxyl groups excluding tert-OH is 1. The maximum absolute atomic E-state index is 13.8. The van der Waals surface area contributed by atoms with Crippen LogP contribution in [0.15, 0.2) is 6.33 Å². The van der Waals surface area contributed by atoms with Gasteiger partial charge in [0.25, 0.3) is 0 Å². The van der Waals surface area contributed by atoms with Crippen LogP contribution in [0.25, 0.3) is 11.2 Å². The van der Waals surface area contributed by atoms with Crippen molar-refractivity contribution in [1.82, 2.24) is 19.5 Å². The van der Waals surface area contributed by atoms with Crippen molar-refractivity contribution in [3.05, 3.63) is 12.4 Å². The number of hydrogen-bond donors (Lipinski definition) is 2. The number of anilines is 1. The summed E-state index contributed by atoms with van der Waals surface area (Å²) in [6.07, 6.45) is 11.5. The highest BCUT2D eigenvalue weighted by Gasteiger charge is 2.86. The fraction of sp³-hybridized carbons (Fsp3) is 0.652. The number of nitrogen functional groups attached to an aromatic ring is 1. The topological polar surface area (TPSA) is 125 Å². The van der Waals surface area contributed by atoms with E-state index in [1.165, 1.54) is 30.2 Å². The quantitative estimate of drug-likeness (QED) is 0.385. The molecule has 3 N–H and O–H groups in total. The van der Waals surface area contributed by atoms with Crippen LogP contribution < -0.4 is 5.73 Å². The lowest BCUT2D eigenvalue weighted by atomic mass is 9.80. The van der Waals surface area contributed by atoms with Crippen molar-refractivity contribution in [2.45, 2.75) is 81.8 Å². The number of carbonyl (C=O) groups excluding carboxylic acids is 1. The van der Waals surface area contributed by atoms with E-state index in [2.05, 4.69) is 27.8 Å². The van der Waals surface area contributed by atoms with Crippen molar-refractivity contribution in [1.29, 1.82) is 0 Å². The third-order valence-corrected chi connectivity index (χ3v) is 7.55. The molecule has 0 spiro atoms. The zero-order valence-electron chi connectivity index (χ0n) is 18.5. The van der Waals surface area contributed by atoms with Crippen LogP contribution in [0.5, 0.6) is 0 Å². The molecule has 1 unspecified atom stereocenters. The molecule has 3 aliphatic rings. The largest absolute Gasteiger partial charge is 0.451 e. The molecule has 0 amide bonds. The standard InChI is InChI=1S/C23H28FN5O4/c1-3-5-6-13-7-9-14(10-8-13)19(30)33-23-11-15(32-22(23,4-2)20(23)31)29-12-26-16-17(25)27-21(24)28-18(16)29/h2,12-15,20,31H,3,5-11H2,1H3,(H2,25,27,28)/t13?,14?,15-,20?,22-,23-/m1/s1. The van der Waals surface area contributed by atoms with Crippen LogP contribution in [0.1, 0.15) is 64.5 Å². The number of halogens is 1. The van der Waals surface area contributed by atoms with Gasteiger partial charge in [-0.15, -0.1) is 6.42 Å². The van der Waals surface area contributed by atoms with Crippen LogP contribution in [0.2, 0.25) is 0 Å². The first-order valence-corrected chi connectivity index (χ1v) is 11.6. The van der Waals surface area contributed by atoms with Gasteiger partial charge < -0.3 is 20.3 Å². The zero-order valence-corrected chi connectivity index (χ0v) is 18.5. The summed E-state index contributed by atoms with van der Waals surface area (Å²) in [5, 5.41) is 10.7. The summed E-state index contributed by atoms with van der Waals surface area (Å²) in [6, 6.07) is 0. The minimum atomic E-state index is -1.46. The Morgan fingerprint density at radius 2 is 2.18 bits per heavy atom. The monoisotopic (exact) mass is 457 g/mol. The fourth-order valence-electron chi connectivity index (χ4n) is 5.53. The minimum absolute atomic E-state index is 0.0902. The highest BCUT2D eigenvalue weighted by molar-refractivity contribution is 5.81. The molecule has 33 heavy (non-hydrogen) atoms. The summed E-state index contributed by atoms with van der Waals surface area (Å²) in [5.74, 6) is 2.49. The van der Waals surface area contributed by atoms with E-state index in [0.29, 0.717) is 5.92 Å². The lowest BCUT2D eigenvalue weighted by molar-refractivity contribution is -0.160. The molecule has 2 aromatic rings. The Hall–Kier alpha value is -2.77. The molecule has 176 valence electrons. The van der Waals surface area contributed by atoms with Gasteiger partial charge in [0.2, 0.25) is 5.60 Å². The number of imidazole rings is 1. The van der Waals surface area contributed by atoms with E-state index < -0.39 is 29.6 Å². The molecule has 2 aromatic heterocycles. The average Bonchev–Trinajstić information content (AvgIpc) is 3.14. The molecule has 3 heterocycles. The van der Waals surface area contributed by atoms with Gasteiger partial charge in [0, 0.05) is 6.42 Å². The van der Waals surface area contributed by atoms with Gasteiger partial charge in [-0.25, -0.2) is 4.98 Å². The van der Waals surface area contributed by atoms with Crippen molar-refractivity contribution >= 4 is 23.0 Å². The third-order valence-electron chi connectivity index (χ3n) is 7.55. The van der Waals surface area contributed by atoms with Crippen molar-refractivity contribution in [2.75, 3.05) is 5.73 Å². The fourth-order valence-corrected chi connectivity index (χ4v) is 5.53. The lowest BCUT2D eigenvalue weighted by Crippen LogP contribution is -2.32. The molecule has 9 nitrogen and oxygen atoms in total. The molecule has 0 radical (unpaired) electrons. The molecular formula is C23H28FN5O4. The number of nitrogens with two attached hydrogens (primary N) is 1. The smallest absolute Gasteiger partial charge is 0.312 e. The molecule has 5 rings (SSSR count). The van der Waals surface area contributed by atoms with Gasteiger partial charge in [0.05, 0.1) is 12.2 Å².